The zero-order valence-corrected chi connectivity index (χ0v) is 42.6. The quantitative estimate of drug-likeness (QED) is 0.0262. The molecule has 0 amide bonds. The van der Waals surface area contributed by atoms with Crippen molar-refractivity contribution in [1.29, 1.82) is 0 Å². The van der Waals surface area contributed by atoms with E-state index in [0.29, 0.717) is 19.3 Å². The van der Waals surface area contributed by atoms with Crippen molar-refractivity contribution in [2.45, 2.75) is 290 Å². The van der Waals surface area contributed by atoms with E-state index < -0.39 is 6.10 Å². The highest BCUT2D eigenvalue weighted by Gasteiger charge is 2.19. The summed E-state index contributed by atoms with van der Waals surface area (Å²) in [6.07, 6.45) is 63.9. The minimum absolute atomic E-state index is 0.0908. The second kappa shape index (κ2) is 53.0. The maximum atomic E-state index is 12.8. The van der Waals surface area contributed by atoms with Crippen molar-refractivity contribution in [3.8, 4) is 0 Å². The van der Waals surface area contributed by atoms with Crippen LogP contribution in [0.25, 0.3) is 0 Å². The van der Waals surface area contributed by atoms with Crippen molar-refractivity contribution in [2.75, 3.05) is 13.2 Å². The van der Waals surface area contributed by atoms with Crippen molar-refractivity contribution in [3.63, 3.8) is 0 Å². The molecular formula is C58H104O6. The summed E-state index contributed by atoms with van der Waals surface area (Å²) >= 11 is 0. The van der Waals surface area contributed by atoms with Crippen molar-refractivity contribution in [2.24, 2.45) is 0 Å². The Morgan fingerprint density at radius 3 is 0.922 bits per heavy atom. The monoisotopic (exact) mass is 897 g/mol. The molecule has 0 aromatic heterocycles. The lowest BCUT2D eigenvalue weighted by molar-refractivity contribution is -0.167. The summed E-state index contributed by atoms with van der Waals surface area (Å²) in [6, 6.07) is 0. The van der Waals surface area contributed by atoms with Gasteiger partial charge in [0, 0.05) is 19.3 Å². The first-order valence-corrected chi connectivity index (χ1v) is 27.6. The number of hydrogen-bond acceptors (Lipinski definition) is 6. The molecule has 0 spiro atoms. The molecule has 0 radical (unpaired) electrons. The first-order valence-electron chi connectivity index (χ1n) is 27.6. The van der Waals surface area contributed by atoms with Crippen molar-refractivity contribution >= 4 is 17.9 Å². The van der Waals surface area contributed by atoms with E-state index in [1.807, 2.05) is 0 Å². The predicted octanol–water partition coefficient (Wildman–Crippen LogP) is 18.3. The number of carbonyl (C=O) groups excluding carboxylic acids is 3. The summed E-state index contributed by atoms with van der Waals surface area (Å²) in [6.45, 7) is 6.59. The van der Waals surface area contributed by atoms with E-state index in [1.165, 1.54) is 173 Å². The molecular weight excluding hydrogens is 793 g/mol. The van der Waals surface area contributed by atoms with E-state index in [0.717, 1.165) is 64.2 Å². The number of ether oxygens (including phenoxy) is 3. The van der Waals surface area contributed by atoms with Crippen molar-refractivity contribution in [3.05, 3.63) is 48.6 Å². The highest BCUT2D eigenvalue weighted by Crippen LogP contribution is 2.16. The lowest BCUT2D eigenvalue weighted by atomic mass is 10.0. The molecule has 6 nitrogen and oxygen atoms in total. The molecule has 0 aromatic rings. The number of carbonyl (C=O) groups is 3. The third kappa shape index (κ3) is 50.4. The molecule has 0 aliphatic carbocycles. The van der Waals surface area contributed by atoms with E-state index in [1.54, 1.807) is 0 Å². The molecule has 6 heteroatoms. The number of rotatable bonds is 50. The summed E-state index contributed by atoms with van der Waals surface area (Å²) in [4.78, 5) is 38.0. The van der Waals surface area contributed by atoms with Gasteiger partial charge in [-0.05, 0) is 57.8 Å². The Balaban J connectivity index is 4.39. The van der Waals surface area contributed by atoms with Gasteiger partial charge in [0.2, 0.25) is 0 Å². The second-order valence-electron chi connectivity index (χ2n) is 18.5. The van der Waals surface area contributed by atoms with Crippen molar-refractivity contribution < 1.29 is 28.6 Å². The summed E-state index contributed by atoms with van der Waals surface area (Å²) < 4.78 is 16.8. The molecule has 0 aliphatic heterocycles. The van der Waals surface area contributed by atoms with Crippen LogP contribution in [0.3, 0.4) is 0 Å². The summed E-state index contributed by atoms with van der Waals surface area (Å²) in [7, 11) is 0. The van der Waals surface area contributed by atoms with Crippen LogP contribution in [-0.4, -0.2) is 37.2 Å². The van der Waals surface area contributed by atoms with Crippen LogP contribution in [0.4, 0.5) is 0 Å². The Bertz CT molecular complexity index is 1120. The normalized spacial score (nSPS) is 12.4. The van der Waals surface area contributed by atoms with Crippen molar-refractivity contribution in [1.82, 2.24) is 0 Å². The van der Waals surface area contributed by atoms with E-state index in [9.17, 15) is 14.4 Å². The molecule has 0 saturated heterocycles. The minimum atomic E-state index is -0.797. The molecule has 0 aliphatic rings. The van der Waals surface area contributed by atoms with Gasteiger partial charge in [0.05, 0.1) is 0 Å². The Morgan fingerprint density at radius 1 is 0.312 bits per heavy atom. The van der Waals surface area contributed by atoms with Gasteiger partial charge < -0.3 is 14.2 Å². The van der Waals surface area contributed by atoms with Gasteiger partial charge in [-0.1, -0.05) is 256 Å². The fourth-order valence-corrected chi connectivity index (χ4v) is 7.91. The molecule has 0 bridgehead atoms. The molecule has 1 unspecified atom stereocenters. The Hall–Kier alpha value is -2.63. The fourth-order valence-electron chi connectivity index (χ4n) is 7.91. The van der Waals surface area contributed by atoms with Gasteiger partial charge in [-0.2, -0.15) is 0 Å². The lowest BCUT2D eigenvalue weighted by Crippen LogP contribution is -2.30. The molecule has 1 atom stereocenters. The summed E-state index contributed by atoms with van der Waals surface area (Å²) in [5, 5.41) is 0. The average molecular weight is 897 g/mol. The van der Waals surface area contributed by atoms with Crippen LogP contribution >= 0.6 is 0 Å². The number of allylic oxidation sites excluding steroid dienone is 8. The standard InChI is InChI=1S/C58H104O6/c1-4-7-10-13-16-19-22-24-26-28-30-31-33-36-39-42-45-48-51-57(60)63-54-55(53-62-56(59)50-47-44-41-38-35-21-18-15-12-9-6-3)64-58(61)52-49-46-43-40-37-34-32-29-27-25-23-20-17-14-11-8-5-2/h17,20,25,27,32,34,40,43,55H,4-16,18-19,21-24,26,28-31,33,35-39,41-42,44-54H2,1-3H3/b20-17-,27-25-,34-32-,43-40-. The third-order valence-electron chi connectivity index (χ3n) is 12.1. The maximum absolute atomic E-state index is 12.8. The zero-order valence-electron chi connectivity index (χ0n) is 42.6. The van der Waals surface area contributed by atoms with Crippen LogP contribution < -0.4 is 0 Å². The molecule has 0 fully saturated rings. The summed E-state index contributed by atoms with van der Waals surface area (Å²) in [5.74, 6) is -0.935. The smallest absolute Gasteiger partial charge is 0.306 e. The molecule has 64 heavy (non-hydrogen) atoms. The Kier molecular flexibility index (Phi) is 50.8. The highest BCUT2D eigenvalue weighted by molar-refractivity contribution is 5.71. The van der Waals surface area contributed by atoms with Gasteiger partial charge >= 0.3 is 17.9 Å². The molecule has 0 rings (SSSR count). The van der Waals surface area contributed by atoms with Gasteiger partial charge in [-0.3, -0.25) is 14.4 Å². The first kappa shape index (κ1) is 61.4. The molecule has 0 saturated carbocycles. The van der Waals surface area contributed by atoms with Gasteiger partial charge in [-0.25, -0.2) is 0 Å². The zero-order chi connectivity index (χ0) is 46.5. The summed E-state index contributed by atoms with van der Waals surface area (Å²) in [5.41, 5.74) is 0. The number of esters is 3. The van der Waals surface area contributed by atoms with E-state index in [4.69, 9.17) is 14.2 Å². The van der Waals surface area contributed by atoms with Gasteiger partial charge in [-0.15, -0.1) is 0 Å². The van der Waals surface area contributed by atoms with E-state index in [-0.39, 0.29) is 37.5 Å². The van der Waals surface area contributed by atoms with Crippen LogP contribution in [0.2, 0.25) is 0 Å². The third-order valence-corrected chi connectivity index (χ3v) is 12.1. The van der Waals surface area contributed by atoms with Gasteiger partial charge in [0.25, 0.3) is 0 Å². The Morgan fingerprint density at radius 2 is 0.578 bits per heavy atom. The lowest BCUT2D eigenvalue weighted by Gasteiger charge is -2.18. The van der Waals surface area contributed by atoms with Gasteiger partial charge in [0.15, 0.2) is 6.10 Å². The fraction of sp³-hybridized carbons (Fsp3) is 0.810. The SMILES string of the molecule is CCCCC/C=C\C/C=C\C/C=C\C/C=C\CCCC(=O)OC(COC(=O)CCCCCCCCCCCCC)COC(=O)CCCCCCCCCCCCCCCCCCCC. The minimum Gasteiger partial charge on any atom is -0.462 e. The van der Waals surface area contributed by atoms with Crippen LogP contribution in [0, 0.1) is 0 Å². The van der Waals surface area contributed by atoms with Crippen LogP contribution in [0.5, 0.6) is 0 Å². The number of unbranched alkanes of at least 4 members (excludes halogenated alkanes) is 31. The molecule has 0 heterocycles. The number of hydrogen-bond donors (Lipinski definition) is 0. The topological polar surface area (TPSA) is 78.9 Å². The predicted molar refractivity (Wildman–Crippen MR) is 275 cm³/mol. The van der Waals surface area contributed by atoms with E-state index >= 15 is 0 Å². The maximum Gasteiger partial charge on any atom is 0.306 e. The van der Waals surface area contributed by atoms with Crippen LogP contribution in [-0.2, 0) is 28.6 Å². The van der Waals surface area contributed by atoms with E-state index in [2.05, 4.69) is 69.4 Å². The largest absolute Gasteiger partial charge is 0.462 e. The van der Waals surface area contributed by atoms with Crippen LogP contribution in [0.15, 0.2) is 48.6 Å². The average Bonchev–Trinajstić information content (AvgIpc) is 3.29. The molecule has 0 N–H and O–H groups in total. The first-order chi connectivity index (χ1) is 31.5. The van der Waals surface area contributed by atoms with Crippen LogP contribution in [0.1, 0.15) is 284 Å². The Labute approximate surface area is 397 Å². The second-order valence-corrected chi connectivity index (χ2v) is 18.5. The molecule has 372 valence electrons. The highest BCUT2D eigenvalue weighted by atomic mass is 16.6. The molecule has 0 aromatic carbocycles. The van der Waals surface area contributed by atoms with Gasteiger partial charge in [0.1, 0.15) is 13.2 Å².